The lowest BCUT2D eigenvalue weighted by atomic mass is 9.93. The molecule has 1 aromatic rings. The average Bonchev–Trinajstić information content (AvgIpc) is 2.27. The van der Waals surface area contributed by atoms with E-state index < -0.39 is 9.84 Å². The van der Waals surface area contributed by atoms with Gasteiger partial charge >= 0.3 is 0 Å². The Bertz CT molecular complexity index is 515. The summed E-state index contributed by atoms with van der Waals surface area (Å²) in [4.78, 5) is 12.1. The summed E-state index contributed by atoms with van der Waals surface area (Å²) in [6.45, 7) is 3.04. The minimum absolute atomic E-state index is 0.0450. The zero-order valence-corrected chi connectivity index (χ0v) is 10.5. The molecule has 1 aromatic carbocycles. The molecule has 0 aromatic heterocycles. The molecule has 1 fully saturated rings. The van der Waals surface area contributed by atoms with Crippen molar-refractivity contribution in [2.75, 3.05) is 18.8 Å². The Kier molecular flexibility index (Phi) is 3.31. The molecule has 0 amide bonds. The van der Waals surface area contributed by atoms with Crippen molar-refractivity contribution >= 4 is 15.6 Å². The highest BCUT2D eigenvalue weighted by molar-refractivity contribution is 7.91. The molecule has 17 heavy (non-hydrogen) atoms. The van der Waals surface area contributed by atoms with Gasteiger partial charge in [-0.2, -0.15) is 0 Å². The zero-order chi connectivity index (χ0) is 12.5. The minimum atomic E-state index is -3.18. The Hall–Kier alpha value is -1.20. The van der Waals surface area contributed by atoms with Gasteiger partial charge in [-0.1, -0.05) is 19.1 Å². The van der Waals surface area contributed by atoms with Crippen molar-refractivity contribution in [1.82, 2.24) is 5.32 Å². The van der Waals surface area contributed by atoms with E-state index in [1.165, 1.54) is 12.1 Å². The van der Waals surface area contributed by atoms with Crippen LogP contribution >= 0.6 is 0 Å². The standard InChI is InChI=1S/C12H15NO3S/c1-2-17(15,16)11-5-3-9(4-6-11)12(14)10-7-13-8-10/h3-6,10,13H,2,7-8H2,1H3. The largest absolute Gasteiger partial charge is 0.315 e. The van der Waals surface area contributed by atoms with E-state index in [1.807, 2.05) is 0 Å². The lowest BCUT2D eigenvalue weighted by molar-refractivity contribution is 0.0878. The van der Waals surface area contributed by atoms with Gasteiger partial charge in [-0.15, -0.1) is 0 Å². The summed E-state index contributed by atoms with van der Waals surface area (Å²) in [5, 5.41) is 3.04. The molecular formula is C12H15NO3S. The minimum Gasteiger partial charge on any atom is -0.315 e. The summed E-state index contributed by atoms with van der Waals surface area (Å²) in [5.41, 5.74) is 0.589. The second-order valence-corrected chi connectivity index (χ2v) is 6.43. The molecular weight excluding hydrogens is 238 g/mol. The van der Waals surface area contributed by atoms with Crippen LogP contribution in [0.15, 0.2) is 29.2 Å². The first-order valence-electron chi connectivity index (χ1n) is 5.62. The molecule has 1 N–H and O–H groups in total. The van der Waals surface area contributed by atoms with E-state index in [0.717, 1.165) is 0 Å². The molecule has 1 aliphatic rings. The van der Waals surface area contributed by atoms with Gasteiger partial charge in [0.1, 0.15) is 0 Å². The third-order valence-corrected chi connectivity index (χ3v) is 4.78. The van der Waals surface area contributed by atoms with Gasteiger partial charge in [0.15, 0.2) is 15.6 Å². The second-order valence-electron chi connectivity index (χ2n) is 4.15. The number of nitrogens with one attached hydrogen (secondary N) is 1. The fourth-order valence-corrected chi connectivity index (χ4v) is 2.59. The summed E-state index contributed by atoms with van der Waals surface area (Å²) in [5.74, 6) is 0.208. The molecule has 0 aliphatic carbocycles. The van der Waals surface area contributed by atoms with E-state index in [1.54, 1.807) is 19.1 Å². The van der Waals surface area contributed by atoms with Crippen LogP contribution in [-0.2, 0) is 9.84 Å². The second kappa shape index (κ2) is 4.58. The van der Waals surface area contributed by atoms with Gasteiger partial charge in [0.2, 0.25) is 0 Å². The van der Waals surface area contributed by atoms with Crippen LogP contribution in [0, 0.1) is 5.92 Å². The molecule has 92 valence electrons. The molecule has 2 rings (SSSR count). The number of rotatable bonds is 4. The van der Waals surface area contributed by atoms with E-state index in [9.17, 15) is 13.2 Å². The van der Waals surface area contributed by atoms with Crippen molar-refractivity contribution in [2.24, 2.45) is 5.92 Å². The summed E-state index contributed by atoms with van der Waals surface area (Å²) in [6.07, 6.45) is 0. The molecule has 0 unspecified atom stereocenters. The van der Waals surface area contributed by atoms with Gasteiger partial charge in [-0.3, -0.25) is 4.79 Å². The van der Waals surface area contributed by atoms with Crippen molar-refractivity contribution in [3.8, 4) is 0 Å². The van der Waals surface area contributed by atoms with E-state index in [0.29, 0.717) is 18.7 Å². The van der Waals surface area contributed by atoms with Gasteiger partial charge in [-0.25, -0.2) is 8.42 Å². The van der Waals surface area contributed by atoms with E-state index in [2.05, 4.69) is 5.32 Å². The Balaban J connectivity index is 2.21. The molecule has 5 heteroatoms. The van der Waals surface area contributed by atoms with Crippen LogP contribution in [0.25, 0.3) is 0 Å². The number of ketones is 1. The summed E-state index contributed by atoms with van der Waals surface area (Å²) < 4.78 is 23.2. The maximum atomic E-state index is 11.9. The van der Waals surface area contributed by atoms with Crippen LogP contribution in [-0.4, -0.2) is 33.0 Å². The van der Waals surface area contributed by atoms with Crippen LogP contribution in [0.4, 0.5) is 0 Å². The summed E-state index contributed by atoms with van der Waals surface area (Å²) >= 11 is 0. The van der Waals surface area contributed by atoms with Gasteiger partial charge in [-0.05, 0) is 12.1 Å². The predicted molar refractivity (Wildman–Crippen MR) is 64.9 cm³/mol. The van der Waals surface area contributed by atoms with Crippen LogP contribution in [0.2, 0.25) is 0 Å². The van der Waals surface area contributed by atoms with Crippen LogP contribution in [0.3, 0.4) is 0 Å². The topological polar surface area (TPSA) is 63.2 Å². The highest BCUT2D eigenvalue weighted by Gasteiger charge is 2.25. The van der Waals surface area contributed by atoms with Gasteiger partial charge in [0, 0.05) is 24.6 Å². The molecule has 0 saturated carbocycles. The normalized spacial score (nSPS) is 16.5. The Morgan fingerprint density at radius 2 is 1.88 bits per heavy atom. The third kappa shape index (κ3) is 2.40. The number of hydrogen-bond donors (Lipinski definition) is 1. The van der Waals surface area contributed by atoms with Crippen LogP contribution in [0.1, 0.15) is 17.3 Å². The van der Waals surface area contributed by atoms with Gasteiger partial charge < -0.3 is 5.32 Å². The molecule has 1 saturated heterocycles. The molecule has 0 spiro atoms. The number of carbonyl (C=O) groups excluding carboxylic acids is 1. The SMILES string of the molecule is CCS(=O)(=O)c1ccc(C(=O)C2CNC2)cc1. The van der Waals surface area contributed by atoms with Crippen molar-refractivity contribution in [2.45, 2.75) is 11.8 Å². The first kappa shape index (κ1) is 12.3. The highest BCUT2D eigenvalue weighted by Crippen LogP contribution is 2.16. The zero-order valence-electron chi connectivity index (χ0n) is 9.64. The maximum Gasteiger partial charge on any atom is 0.178 e. The quantitative estimate of drug-likeness (QED) is 0.809. The number of Topliss-reactive ketones (excluding diaryl/α,β-unsaturated/α-hetero) is 1. The van der Waals surface area contributed by atoms with Crippen LogP contribution in [0.5, 0.6) is 0 Å². The fraction of sp³-hybridized carbons (Fsp3) is 0.417. The Morgan fingerprint density at radius 3 is 2.29 bits per heavy atom. The van der Waals surface area contributed by atoms with Crippen molar-refractivity contribution < 1.29 is 13.2 Å². The average molecular weight is 253 g/mol. The lowest BCUT2D eigenvalue weighted by Crippen LogP contribution is -2.46. The van der Waals surface area contributed by atoms with Gasteiger partial charge in [0.05, 0.1) is 10.6 Å². The van der Waals surface area contributed by atoms with Crippen molar-refractivity contribution in [3.05, 3.63) is 29.8 Å². The lowest BCUT2D eigenvalue weighted by Gasteiger charge is -2.25. The van der Waals surface area contributed by atoms with Crippen molar-refractivity contribution in [3.63, 3.8) is 0 Å². The smallest absolute Gasteiger partial charge is 0.178 e. The number of benzene rings is 1. The number of sulfone groups is 1. The molecule has 0 bridgehead atoms. The summed E-state index contributed by atoms with van der Waals surface area (Å²) in [6, 6.07) is 6.22. The summed E-state index contributed by atoms with van der Waals surface area (Å²) in [7, 11) is -3.18. The molecule has 0 radical (unpaired) electrons. The number of hydrogen-bond acceptors (Lipinski definition) is 4. The molecule has 4 nitrogen and oxygen atoms in total. The van der Waals surface area contributed by atoms with Crippen molar-refractivity contribution in [1.29, 1.82) is 0 Å². The van der Waals surface area contributed by atoms with E-state index in [4.69, 9.17) is 0 Å². The molecule has 1 heterocycles. The van der Waals surface area contributed by atoms with E-state index in [-0.39, 0.29) is 22.3 Å². The third-order valence-electron chi connectivity index (χ3n) is 3.03. The van der Waals surface area contributed by atoms with Crippen LogP contribution < -0.4 is 5.32 Å². The Labute approximate surface area is 101 Å². The first-order chi connectivity index (χ1) is 8.04. The highest BCUT2D eigenvalue weighted by atomic mass is 32.2. The number of carbonyl (C=O) groups is 1. The van der Waals surface area contributed by atoms with E-state index >= 15 is 0 Å². The first-order valence-corrected chi connectivity index (χ1v) is 7.27. The monoisotopic (exact) mass is 253 g/mol. The molecule has 0 atom stereocenters. The Morgan fingerprint density at radius 1 is 1.29 bits per heavy atom. The maximum absolute atomic E-state index is 11.9. The fourth-order valence-electron chi connectivity index (χ4n) is 1.70. The molecule has 1 aliphatic heterocycles. The van der Waals surface area contributed by atoms with Gasteiger partial charge in [0.25, 0.3) is 0 Å². The predicted octanol–water partition coefficient (Wildman–Crippen LogP) is 0.882.